The fraction of sp³-hybridized carbons (Fsp3) is 0.600. The lowest BCUT2D eigenvalue weighted by Crippen LogP contribution is -2.50. The van der Waals surface area contributed by atoms with Crippen molar-refractivity contribution in [1.29, 1.82) is 0 Å². The van der Waals surface area contributed by atoms with Gasteiger partial charge in [-0.15, -0.1) is 0 Å². The molecule has 2 aliphatic rings. The number of hydrogen-bond acceptors (Lipinski definition) is 7. The molecule has 0 atom stereocenters. The summed E-state index contributed by atoms with van der Waals surface area (Å²) < 4.78 is 10.7. The molecule has 35 heavy (non-hydrogen) atoms. The summed E-state index contributed by atoms with van der Waals surface area (Å²) in [7, 11) is 1.50. The Hall–Kier alpha value is -3.14. The first kappa shape index (κ1) is 26.5. The molecule has 0 saturated carbocycles. The zero-order chi connectivity index (χ0) is 25.6. The van der Waals surface area contributed by atoms with Crippen LogP contribution >= 0.6 is 0 Å². The standard InChI is InChI=1S/C25H36N4O6/c1-25(2,3)35-22(31)7-5-6-11-27-13-15-28(16-14-27)23(32)18-8-9-20(34-4)19(17-18)29-12-10-21(30)26-24(29)33/h8-9,17H,5-7,10-16H2,1-4H3,(H,26,30,33). The van der Waals surface area contributed by atoms with E-state index in [1.165, 1.54) is 12.0 Å². The number of amides is 4. The van der Waals surface area contributed by atoms with Crippen molar-refractivity contribution in [3.8, 4) is 5.75 Å². The van der Waals surface area contributed by atoms with Crippen LogP contribution in [0.2, 0.25) is 0 Å². The second-order valence-electron chi connectivity index (χ2n) is 9.82. The average molecular weight is 489 g/mol. The molecule has 0 radical (unpaired) electrons. The van der Waals surface area contributed by atoms with Crippen LogP contribution in [0.25, 0.3) is 0 Å². The second kappa shape index (κ2) is 11.5. The van der Waals surface area contributed by atoms with E-state index in [4.69, 9.17) is 9.47 Å². The van der Waals surface area contributed by atoms with Gasteiger partial charge >= 0.3 is 12.0 Å². The van der Waals surface area contributed by atoms with Gasteiger partial charge in [0.05, 0.1) is 12.8 Å². The molecule has 10 heteroatoms. The number of esters is 1. The number of nitrogens with one attached hydrogen (secondary N) is 1. The molecule has 0 spiro atoms. The first-order valence-electron chi connectivity index (χ1n) is 12.1. The molecule has 3 rings (SSSR count). The lowest BCUT2D eigenvalue weighted by Gasteiger charge is -2.35. The highest BCUT2D eigenvalue weighted by molar-refractivity contribution is 6.07. The minimum atomic E-state index is -0.524. The topological polar surface area (TPSA) is 108 Å². The molecule has 0 aromatic heterocycles. The van der Waals surface area contributed by atoms with Crippen LogP contribution in [0.5, 0.6) is 5.75 Å². The van der Waals surface area contributed by atoms with E-state index < -0.39 is 11.6 Å². The first-order chi connectivity index (χ1) is 16.6. The van der Waals surface area contributed by atoms with Gasteiger partial charge in [0, 0.05) is 51.1 Å². The van der Waals surface area contributed by atoms with Crippen LogP contribution in [-0.4, -0.2) is 85.6 Å². The number of carbonyl (C=O) groups is 4. The number of urea groups is 1. The van der Waals surface area contributed by atoms with Crippen LogP contribution in [0.3, 0.4) is 0 Å². The van der Waals surface area contributed by atoms with Crippen LogP contribution in [0, 0.1) is 0 Å². The Morgan fingerprint density at radius 1 is 1.03 bits per heavy atom. The monoisotopic (exact) mass is 488 g/mol. The normalized spacial score (nSPS) is 17.3. The highest BCUT2D eigenvalue weighted by Crippen LogP contribution is 2.31. The van der Waals surface area contributed by atoms with Gasteiger partial charge in [0.1, 0.15) is 11.4 Å². The Morgan fingerprint density at radius 3 is 2.37 bits per heavy atom. The fourth-order valence-electron chi connectivity index (χ4n) is 4.18. The number of methoxy groups -OCH3 is 1. The van der Waals surface area contributed by atoms with Gasteiger partial charge in [-0.25, -0.2) is 4.79 Å². The Morgan fingerprint density at radius 2 is 1.74 bits per heavy atom. The molecule has 2 saturated heterocycles. The van der Waals surface area contributed by atoms with E-state index in [9.17, 15) is 19.2 Å². The maximum Gasteiger partial charge on any atom is 0.328 e. The van der Waals surface area contributed by atoms with Crippen molar-refractivity contribution in [2.75, 3.05) is 51.3 Å². The van der Waals surface area contributed by atoms with E-state index >= 15 is 0 Å². The molecule has 0 aliphatic carbocycles. The molecule has 2 fully saturated rings. The largest absolute Gasteiger partial charge is 0.495 e. The Kier molecular flexibility index (Phi) is 8.71. The summed E-state index contributed by atoms with van der Waals surface area (Å²) >= 11 is 0. The van der Waals surface area contributed by atoms with Crippen molar-refractivity contribution in [3.05, 3.63) is 23.8 Å². The molecule has 1 N–H and O–H groups in total. The van der Waals surface area contributed by atoms with Crippen LogP contribution in [0.1, 0.15) is 56.8 Å². The number of carbonyl (C=O) groups excluding carboxylic acids is 4. The van der Waals surface area contributed by atoms with E-state index in [0.717, 1.165) is 32.5 Å². The van der Waals surface area contributed by atoms with Gasteiger partial charge in [0.2, 0.25) is 5.91 Å². The second-order valence-corrected chi connectivity index (χ2v) is 9.82. The summed E-state index contributed by atoms with van der Waals surface area (Å²) in [4.78, 5) is 54.3. The molecule has 2 heterocycles. The maximum absolute atomic E-state index is 13.2. The summed E-state index contributed by atoms with van der Waals surface area (Å²) in [6, 6.07) is 4.50. The minimum absolute atomic E-state index is 0.105. The van der Waals surface area contributed by atoms with E-state index in [2.05, 4.69) is 10.2 Å². The van der Waals surface area contributed by atoms with E-state index in [1.54, 1.807) is 18.2 Å². The van der Waals surface area contributed by atoms with Gasteiger partial charge in [-0.2, -0.15) is 0 Å². The van der Waals surface area contributed by atoms with E-state index in [0.29, 0.717) is 36.5 Å². The Balaban J connectivity index is 1.51. The zero-order valence-electron chi connectivity index (χ0n) is 21.1. The molecular formula is C25H36N4O6. The number of rotatable bonds is 8. The quantitative estimate of drug-likeness (QED) is 0.442. The van der Waals surface area contributed by atoms with Gasteiger partial charge in [0.25, 0.3) is 5.91 Å². The average Bonchev–Trinajstić information content (AvgIpc) is 2.80. The minimum Gasteiger partial charge on any atom is -0.495 e. The number of ether oxygens (including phenoxy) is 2. The predicted octanol–water partition coefficient (Wildman–Crippen LogP) is 2.41. The van der Waals surface area contributed by atoms with Gasteiger partial charge < -0.3 is 14.4 Å². The number of benzene rings is 1. The zero-order valence-corrected chi connectivity index (χ0v) is 21.1. The van der Waals surface area contributed by atoms with E-state index in [1.807, 2.05) is 25.7 Å². The smallest absolute Gasteiger partial charge is 0.328 e. The molecular weight excluding hydrogens is 452 g/mol. The van der Waals surface area contributed by atoms with Crippen molar-refractivity contribution < 1.29 is 28.7 Å². The highest BCUT2D eigenvalue weighted by Gasteiger charge is 2.28. The lowest BCUT2D eigenvalue weighted by molar-refractivity contribution is -0.155. The number of unbranched alkanes of at least 4 members (excludes halogenated alkanes) is 1. The SMILES string of the molecule is COc1ccc(C(=O)N2CCN(CCCCC(=O)OC(C)(C)C)CC2)cc1N1CCC(=O)NC1=O. The van der Waals surface area contributed by atoms with Crippen LogP contribution in [0.15, 0.2) is 18.2 Å². The predicted molar refractivity (Wildman–Crippen MR) is 131 cm³/mol. The molecule has 10 nitrogen and oxygen atoms in total. The van der Waals surface area contributed by atoms with Gasteiger partial charge in [-0.3, -0.25) is 29.5 Å². The molecule has 192 valence electrons. The van der Waals surface area contributed by atoms with Crippen molar-refractivity contribution in [2.24, 2.45) is 0 Å². The molecule has 0 unspecified atom stereocenters. The number of nitrogens with zero attached hydrogens (tertiary/aromatic N) is 3. The van der Waals surface area contributed by atoms with Crippen molar-refractivity contribution in [2.45, 2.75) is 52.1 Å². The molecule has 1 aromatic rings. The summed E-state index contributed by atoms with van der Waals surface area (Å²) in [5, 5.41) is 2.30. The Labute approximate surface area is 206 Å². The molecule has 1 aromatic carbocycles. The van der Waals surface area contributed by atoms with Gasteiger partial charge in [-0.05, 0) is 58.4 Å². The van der Waals surface area contributed by atoms with Gasteiger partial charge in [-0.1, -0.05) is 0 Å². The van der Waals surface area contributed by atoms with Crippen molar-refractivity contribution in [1.82, 2.24) is 15.1 Å². The molecule has 0 bridgehead atoms. The number of anilines is 1. The summed E-state index contributed by atoms with van der Waals surface area (Å²) in [6.45, 7) is 9.43. The van der Waals surface area contributed by atoms with Crippen molar-refractivity contribution in [3.63, 3.8) is 0 Å². The van der Waals surface area contributed by atoms with Gasteiger partial charge in [0.15, 0.2) is 0 Å². The summed E-state index contributed by atoms with van der Waals surface area (Å²) in [5.41, 5.74) is 0.479. The molecule has 2 aliphatic heterocycles. The lowest BCUT2D eigenvalue weighted by atomic mass is 10.1. The number of imide groups is 1. The number of piperazine rings is 1. The van der Waals surface area contributed by atoms with Crippen LogP contribution < -0.4 is 15.0 Å². The Bertz CT molecular complexity index is 950. The molecule has 4 amide bonds. The van der Waals surface area contributed by atoms with Crippen LogP contribution in [0.4, 0.5) is 10.5 Å². The fourth-order valence-corrected chi connectivity index (χ4v) is 4.18. The summed E-state index contributed by atoms with van der Waals surface area (Å²) in [6.07, 6.45) is 2.28. The maximum atomic E-state index is 13.2. The van der Waals surface area contributed by atoms with Crippen LogP contribution in [-0.2, 0) is 14.3 Å². The highest BCUT2D eigenvalue weighted by atomic mass is 16.6. The third kappa shape index (κ3) is 7.42. The van der Waals surface area contributed by atoms with Crippen molar-refractivity contribution >= 4 is 29.5 Å². The summed E-state index contributed by atoms with van der Waals surface area (Å²) in [5.74, 6) is -0.130. The third-order valence-corrected chi connectivity index (χ3v) is 5.96. The van der Waals surface area contributed by atoms with E-state index in [-0.39, 0.29) is 30.7 Å². The number of hydrogen-bond donors (Lipinski definition) is 1. The first-order valence-corrected chi connectivity index (χ1v) is 12.1. The third-order valence-electron chi connectivity index (χ3n) is 5.96.